The Balaban J connectivity index is 1.68. The van der Waals surface area contributed by atoms with Gasteiger partial charge in [-0.1, -0.05) is 42.5 Å². The standard InChI is InChI=1S/C20H23NO2S2/c1-24-19-13-17-10-11-18(14-19)21(17)25(22,23)20-9-5-8-16(12-20)15-6-3-2-4-7-15/h2-9,12,17-19H,10-11,13-14H2,1H3. The maximum absolute atomic E-state index is 13.3. The number of thioether (sulfide) groups is 1. The third-order valence-corrected chi connectivity index (χ3v) is 8.53. The minimum absolute atomic E-state index is 0.168. The van der Waals surface area contributed by atoms with Crippen molar-refractivity contribution < 1.29 is 8.42 Å². The molecular formula is C20H23NO2S2. The lowest BCUT2D eigenvalue weighted by molar-refractivity contribution is 0.253. The molecule has 2 aromatic rings. The van der Waals surface area contributed by atoms with Gasteiger partial charge in [-0.3, -0.25) is 0 Å². The summed E-state index contributed by atoms with van der Waals surface area (Å²) in [6.45, 7) is 0. The lowest BCUT2D eigenvalue weighted by atomic mass is 10.1. The molecule has 0 spiro atoms. The van der Waals surface area contributed by atoms with Crippen molar-refractivity contribution in [3.05, 3.63) is 54.6 Å². The van der Waals surface area contributed by atoms with E-state index in [-0.39, 0.29) is 12.1 Å². The summed E-state index contributed by atoms with van der Waals surface area (Å²) in [4.78, 5) is 0.424. The second-order valence-corrected chi connectivity index (χ2v) is 9.92. The Kier molecular flexibility index (Phi) is 4.65. The quantitative estimate of drug-likeness (QED) is 0.797. The van der Waals surface area contributed by atoms with Crippen molar-refractivity contribution in [2.45, 2.75) is 47.9 Å². The molecule has 2 unspecified atom stereocenters. The molecule has 25 heavy (non-hydrogen) atoms. The van der Waals surface area contributed by atoms with Crippen molar-refractivity contribution in [1.82, 2.24) is 4.31 Å². The summed E-state index contributed by atoms with van der Waals surface area (Å²) in [5.41, 5.74) is 2.00. The summed E-state index contributed by atoms with van der Waals surface area (Å²) in [6.07, 6.45) is 6.10. The van der Waals surface area contributed by atoms with Crippen LogP contribution in [0.25, 0.3) is 11.1 Å². The molecule has 2 aliphatic rings. The second-order valence-electron chi connectivity index (χ2n) is 6.94. The van der Waals surface area contributed by atoms with Gasteiger partial charge in [-0.05, 0) is 55.2 Å². The van der Waals surface area contributed by atoms with Crippen LogP contribution in [0.2, 0.25) is 0 Å². The molecule has 132 valence electrons. The highest BCUT2D eigenvalue weighted by atomic mass is 32.2. The highest BCUT2D eigenvalue weighted by Crippen LogP contribution is 2.42. The maximum atomic E-state index is 13.3. The number of nitrogens with zero attached hydrogens (tertiary/aromatic N) is 1. The molecule has 3 nitrogen and oxygen atoms in total. The molecule has 2 atom stereocenters. The van der Waals surface area contributed by atoms with Gasteiger partial charge in [-0.25, -0.2) is 8.42 Å². The number of fused-ring (bicyclic) bond motifs is 2. The normalized spacial score (nSPS) is 26.7. The maximum Gasteiger partial charge on any atom is 0.243 e. The van der Waals surface area contributed by atoms with E-state index in [1.165, 1.54) is 0 Å². The Morgan fingerprint density at radius 2 is 1.56 bits per heavy atom. The van der Waals surface area contributed by atoms with E-state index in [2.05, 4.69) is 6.26 Å². The minimum Gasteiger partial charge on any atom is -0.207 e. The van der Waals surface area contributed by atoms with E-state index in [1.54, 1.807) is 6.07 Å². The molecule has 0 N–H and O–H groups in total. The average Bonchev–Trinajstić information content (AvgIpc) is 2.94. The van der Waals surface area contributed by atoms with Crippen LogP contribution in [0.3, 0.4) is 0 Å². The van der Waals surface area contributed by atoms with Crippen molar-refractivity contribution in [3.8, 4) is 11.1 Å². The topological polar surface area (TPSA) is 37.4 Å². The fourth-order valence-electron chi connectivity index (χ4n) is 4.26. The highest BCUT2D eigenvalue weighted by molar-refractivity contribution is 7.99. The molecule has 0 amide bonds. The predicted octanol–water partition coefficient (Wildman–Crippen LogP) is 4.40. The van der Waals surface area contributed by atoms with E-state index in [0.29, 0.717) is 10.1 Å². The third-order valence-electron chi connectivity index (χ3n) is 5.47. The summed E-state index contributed by atoms with van der Waals surface area (Å²) in [7, 11) is -3.44. The molecular weight excluding hydrogens is 350 g/mol. The average molecular weight is 374 g/mol. The summed E-state index contributed by atoms with van der Waals surface area (Å²) < 4.78 is 28.5. The number of rotatable bonds is 4. The van der Waals surface area contributed by atoms with Gasteiger partial charge in [0, 0.05) is 17.3 Å². The molecule has 2 saturated heterocycles. The lowest BCUT2D eigenvalue weighted by Crippen LogP contribution is -2.47. The van der Waals surface area contributed by atoms with Gasteiger partial charge in [-0.2, -0.15) is 16.1 Å². The first-order valence-corrected chi connectivity index (χ1v) is 11.5. The smallest absolute Gasteiger partial charge is 0.207 e. The largest absolute Gasteiger partial charge is 0.243 e. The molecule has 0 radical (unpaired) electrons. The van der Waals surface area contributed by atoms with E-state index >= 15 is 0 Å². The number of hydrogen-bond acceptors (Lipinski definition) is 3. The van der Waals surface area contributed by atoms with Crippen LogP contribution in [0.4, 0.5) is 0 Å². The van der Waals surface area contributed by atoms with Crippen LogP contribution >= 0.6 is 11.8 Å². The van der Waals surface area contributed by atoms with Gasteiger partial charge in [0.2, 0.25) is 10.0 Å². The van der Waals surface area contributed by atoms with E-state index in [0.717, 1.165) is 36.8 Å². The van der Waals surface area contributed by atoms with E-state index in [1.807, 2.05) is 64.6 Å². The van der Waals surface area contributed by atoms with E-state index in [4.69, 9.17) is 0 Å². The lowest BCUT2D eigenvalue weighted by Gasteiger charge is -2.37. The molecule has 0 aromatic heterocycles. The van der Waals surface area contributed by atoms with Crippen molar-refractivity contribution in [1.29, 1.82) is 0 Å². The third kappa shape index (κ3) is 3.14. The van der Waals surface area contributed by atoms with Gasteiger partial charge in [0.25, 0.3) is 0 Å². The summed E-state index contributed by atoms with van der Waals surface area (Å²) in [5.74, 6) is 0. The molecule has 0 saturated carbocycles. The fourth-order valence-corrected chi connectivity index (χ4v) is 7.02. The summed E-state index contributed by atoms with van der Waals surface area (Å²) >= 11 is 1.88. The molecule has 2 heterocycles. The molecule has 2 aromatic carbocycles. The van der Waals surface area contributed by atoms with E-state index < -0.39 is 10.0 Å². The molecule has 2 fully saturated rings. The number of hydrogen-bond donors (Lipinski definition) is 0. The van der Waals surface area contributed by atoms with Crippen molar-refractivity contribution in [3.63, 3.8) is 0 Å². The zero-order valence-electron chi connectivity index (χ0n) is 14.3. The van der Waals surface area contributed by atoms with Crippen LogP contribution in [0.1, 0.15) is 25.7 Å². The SMILES string of the molecule is CSC1CC2CCC(C1)N2S(=O)(=O)c1cccc(-c2ccccc2)c1. The monoisotopic (exact) mass is 373 g/mol. The first-order chi connectivity index (χ1) is 12.1. The molecule has 2 bridgehead atoms. The van der Waals surface area contributed by atoms with Crippen LogP contribution in [0.15, 0.2) is 59.5 Å². The molecule has 0 aliphatic carbocycles. The first-order valence-electron chi connectivity index (χ1n) is 8.81. The molecule has 2 aliphatic heterocycles. The van der Waals surface area contributed by atoms with Gasteiger partial charge in [0.15, 0.2) is 0 Å². The Morgan fingerprint density at radius 1 is 0.920 bits per heavy atom. The van der Waals surface area contributed by atoms with Gasteiger partial charge in [0.1, 0.15) is 0 Å². The van der Waals surface area contributed by atoms with Gasteiger partial charge < -0.3 is 0 Å². The summed E-state index contributed by atoms with van der Waals surface area (Å²) in [5, 5.41) is 0.597. The Morgan fingerprint density at radius 3 is 2.20 bits per heavy atom. The minimum atomic E-state index is -3.44. The number of sulfonamides is 1. The molecule has 4 rings (SSSR count). The Hall–Kier alpha value is -1.30. The van der Waals surface area contributed by atoms with Gasteiger partial charge in [0.05, 0.1) is 4.90 Å². The van der Waals surface area contributed by atoms with Crippen LogP contribution in [-0.4, -0.2) is 36.3 Å². The van der Waals surface area contributed by atoms with Crippen LogP contribution in [-0.2, 0) is 10.0 Å². The zero-order chi connectivity index (χ0) is 17.4. The highest BCUT2D eigenvalue weighted by Gasteiger charge is 2.46. The predicted molar refractivity (Wildman–Crippen MR) is 104 cm³/mol. The van der Waals surface area contributed by atoms with Crippen molar-refractivity contribution in [2.24, 2.45) is 0 Å². The molecule has 5 heteroatoms. The fraction of sp³-hybridized carbons (Fsp3) is 0.400. The summed E-state index contributed by atoms with van der Waals surface area (Å²) in [6, 6.07) is 17.7. The van der Waals surface area contributed by atoms with Crippen LogP contribution in [0, 0.1) is 0 Å². The number of piperidine rings is 1. The van der Waals surface area contributed by atoms with Gasteiger partial charge >= 0.3 is 0 Å². The second kappa shape index (κ2) is 6.78. The Labute approximate surface area is 154 Å². The first kappa shape index (κ1) is 17.1. The zero-order valence-corrected chi connectivity index (χ0v) is 16.0. The van der Waals surface area contributed by atoms with Crippen LogP contribution in [0.5, 0.6) is 0 Å². The van der Waals surface area contributed by atoms with Crippen LogP contribution < -0.4 is 0 Å². The van der Waals surface area contributed by atoms with Crippen molar-refractivity contribution in [2.75, 3.05) is 6.26 Å². The van der Waals surface area contributed by atoms with Gasteiger partial charge in [-0.15, -0.1) is 0 Å². The Bertz CT molecular complexity index is 837. The van der Waals surface area contributed by atoms with E-state index in [9.17, 15) is 8.42 Å². The number of benzene rings is 2. The van der Waals surface area contributed by atoms with Crippen molar-refractivity contribution >= 4 is 21.8 Å².